The van der Waals surface area contributed by atoms with E-state index in [1.165, 1.54) is 28.8 Å². The van der Waals surface area contributed by atoms with Gasteiger partial charge in [0.1, 0.15) is 5.82 Å². The molecule has 1 N–H and O–H groups in total. The summed E-state index contributed by atoms with van der Waals surface area (Å²) >= 11 is 1.48. The first kappa shape index (κ1) is 15.8. The predicted molar refractivity (Wildman–Crippen MR) is 79.9 cm³/mol. The second kappa shape index (κ2) is 6.05. The van der Waals surface area contributed by atoms with Crippen LogP contribution < -0.4 is 0 Å². The molecular formula is C15H18FNO3S. The van der Waals surface area contributed by atoms with Gasteiger partial charge in [-0.3, -0.25) is 9.59 Å². The molecule has 114 valence electrons. The van der Waals surface area contributed by atoms with Crippen molar-refractivity contribution < 1.29 is 19.1 Å². The number of nitrogens with zero attached hydrogens (tertiary/aromatic N) is 1. The summed E-state index contributed by atoms with van der Waals surface area (Å²) in [5, 5.41) is 9.20. The van der Waals surface area contributed by atoms with Gasteiger partial charge in [-0.25, -0.2) is 4.39 Å². The van der Waals surface area contributed by atoms with E-state index < -0.39 is 11.4 Å². The second-order valence-corrected chi connectivity index (χ2v) is 6.45. The highest BCUT2D eigenvalue weighted by Crippen LogP contribution is 2.31. The summed E-state index contributed by atoms with van der Waals surface area (Å²) in [6.07, 6.45) is 2.31. The fraction of sp³-hybridized carbons (Fsp3) is 0.467. The number of carboxylic acids is 1. The number of thioether (sulfide) groups is 1. The highest BCUT2D eigenvalue weighted by molar-refractivity contribution is 7.97. The summed E-state index contributed by atoms with van der Waals surface area (Å²) < 4.78 is 13.6. The zero-order valence-corrected chi connectivity index (χ0v) is 12.9. The van der Waals surface area contributed by atoms with Crippen molar-refractivity contribution in [2.24, 2.45) is 5.41 Å². The lowest BCUT2D eigenvalue weighted by molar-refractivity contribution is -0.147. The van der Waals surface area contributed by atoms with Crippen molar-refractivity contribution in [3.05, 3.63) is 35.1 Å². The van der Waals surface area contributed by atoms with Crippen LogP contribution in [0.3, 0.4) is 0 Å². The van der Waals surface area contributed by atoms with Gasteiger partial charge in [-0.2, -0.15) is 11.8 Å². The maximum Gasteiger partial charge on any atom is 0.311 e. The summed E-state index contributed by atoms with van der Waals surface area (Å²) in [6, 6.07) is 4.31. The molecule has 1 atom stereocenters. The van der Waals surface area contributed by atoms with Crippen molar-refractivity contribution >= 4 is 23.6 Å². The van der Waals surface area contributed by atoms with Gasteiger partial charge < -0.3 is 10.0 Å². The first-order valence-electron chi connectivity index (χ1n) is 6.67. The maximum atomic E-state index is 13.6. The molecule has 2 rings (SSSR count). The summed E-state index contributed by atoms with van der Waals surface area (Å²) in [5.74, 6) is -0.945. The molecule has 1 aliphatic heterocycles. The van der Waals surface area contributed by atoms with Crippen LogP contribution in [0.4, 0.5) is 4.39 Å². The van der Waals surface area contributed by atoms with E-state index in [9.17, 15) is 19.1 Å². The predicted octanol–water partition coefficient (Wildman–Crippen LogP) is 2.63. The van der Waals surface area contributed by atoms with Crippen molar-refractivity contribution in [3.63, 3.8) is 0 Å². The molecular weight excluding hydrogens is 293 g/mol. The van der Waals surface area contributed by atoms with Crippen LogP contribution in [-0.4, -0.2) is 41.2 Å². The number of carbonyl (C=O) groups is 2. The largest absolute Gasteiger partial charge is 0.481 e. The van der Waals surface area contributed by atoms with Gasteiger partial charge in [-0.15, -0.1) is 0 Å². The molecule has 1 heterocycles. The van der Waals surface area contributed by atoms with Crippen LogP contribution in [0.2, 0.25) is 0 Å². The molecule has 1 aliphatic rings. The van der Waals surface area contributed by atoms with E-state index in [2.05, 4.69) is 0 Å². The Hall–Kier alpha value is -1.56. The number of benzene rings is 1. The number of likely N-dealkylation sites (tertiary alicyclic amines) is 1. The lowest BCUT2D eigenvalue weighted by atomic mass is 9.90. The standard InChI is InChI=1S/C15H18FNO3S/c1-15(14(19)20)5-6-17(9-15)13(18)10-3-4-12(16)11(7-10)8-21-2/h3-4,7H,5-6,8-9H2,1-2H3,(H,19,20)/t15-/m0/s1. The molecule has 1 saturated heterocycles. The van der Waals surface area contributed by atoms with Crippen LogP contribution in [0.5, 0.6) is 0 Å². The molecule has 0 unspecified atom stereocenters. The first-order valence-corrected chi connectivity index (χ1v) is 8.07. The van der Waals surface area contributed by atoms with E-state index in [-0.39, 0.29) is 18.3 Å². The average Bonchev–Trinajstić information content (AvgIpc) is 2.85. The molecule has 0 bridgehead atoms. The van der Waals surface area contributed by atoms with Crippen molar-refractivity contribution in [3.8, 4) is 0 Å². The van der Waals surface area contributed by atoms with E-state index in [1.54, 1.807) is 13.0 Å². The lowest BCUT2D eigenvalue weighted by Gasteiger charge is -2.20. The number of aliphatic carboxylic acids is 1. The summed E-state index contributed by atoms with van der Waals surface area (Å²) in [7, 11) is 0. The molecule has 0 radical (unpaired) electrons. The Labute approximate surface area is 127 Å². The fourth-order valence-electron chi connectivity index (χ4n) is 2.47. The average molecular weight is 311 g/mol. The molecule has 0 aliphatic carbocycles. The number of hydrogen-bond donors (Lipinski definition) is 1. The third kappa shape index (κ3) is 3.20. The number of carbonyl (C=O) groups excluding carboxylic acids is 1. The molecule has 6 heteroatoms. The molecule has 21 heavy (non-hydrogen) atoms. The van der Waals surface area contributed by atoms with Gasteiger partial charge in [0.15, 0.2) is 0 Å². The zero-order chi connectivity index (χ0) is 15.6. The van der Waals surface area contributed by atoms with Crippen LogP contribution in [-0.2, 0) is 10.5 Å². The quantitative estimate of drug-likeness (QED) is 0.928. The minimum Gasteiger partial charge on any atom is -0.481 e. The number of halogens is 1. The van der Waals surface area contributed by atoms with E-state index in [0.29, 0.717) is 29.8 Å². The zero-order valence-electron chi connectivity index (χ0n) is 12.1. The van der Waals surface area contributed by atoms with E-state index in [0.717, 1.165) is 0 Å². The minimum atomic E-state index is -0.891. The van der Waals surface area contributed by atoms with Gasteiger partial charge in [-0.1, -0.05) is 0 Å². The second-order valence-electron chi connectivity index (χ2n) is 5.58. The van der Waals surface area contributed by atoms with E-state index in [1.807, 2.05) is 6.26 Å². The molecule has 1 fully saturated rings. The van der Waals surface area contributed by atoms with E-state index >= 15 is 0 Å². The van der Waals surface area contributed by atoms with Crippen molar-refractivity contribution in [2.45, 2.75) is 19.1 Å². The Morgan fingerprint density at radius 1 is 1.48 bits per heavy atom. The van der Waals surface area contributed by atoms with Crippen LogP contribution >= 0.6 is 11.8 Å². The molecule has 0 spiro atoms. The molecule has 1 amide bonds. The topological polar surface area (TPSA) is 57.6 Å². The van der Waals surface area contributed by atoms with Gasteiger partial charge in [0, 0.05) is 24.4 Å². The van der Waals surface area contributed by atoms with Gasteiger partial charge >= 0.3 is 5.97 Å². The van der Waals surface area contributed by atoms with Crippen molar-refractivity contribution in [1.82, 2.24) is 4.90 Å². The summed E-state index contributed by atoms with van der Waals surface area (Å²) in [4.78, 5) is 25.2. The van der Waals surface area contributed by atoms with Gasteiger partial charge in [0.25, 0.3) is 5.91 Å². The summed E-state index contributed by atoms with van der Waals surface area (Å²) in [5.41, 5.74) is 0.0151. The number of amides is 1. The monoisotopic (exact) mass is 311 g/mol. The third-order valence-electron chi connectivity index (χ3n) is 3.87. The normalized spacial score (nSPS) is 21.6. The smallest absolute Gasteiger partial charge is 0.311 e. The number of carboxylic acid groups (broad SMARTS) is 1. The van der Waals surface area contributed by atoms with Gasteiger partial charge in [0.05, 0.1) is 5.41 Å². The summed E-state index contributed by atoms with van der Waals surface area (Å²) in [6.45, 7) is 2.25. The molecule has 0 saturated carbocycles. The minimum absolute atomic E-state index is 0.191. The number of hydrogen-bond acceptors (Lipinski definition) is 3. The SMILES string of the molecule is CSCc1cc(C(=O)N2CC[C@](C)(C(=O)O)C2)ccc1F. The van der Waals surface area contributed by atoms with Crippen LogP contribution in [0, 0.1) is 11.2 Å². The van der Waals surface area contributed by atoms with Crippen LogP contribution in [0.25, 0.3) is 0 Å². The Bertz CT molecular complexity index is 578. The Kier molecular flexibility index (Phi) is 4.56. The molecule has 1 aromatic rings. The third-order valence-corrected chi connectivity index (χ3v) is 4.47. The van der Waals surface area contributed by atoms with E-state index in [4.69, 9.17) is 0 Å². The van der Waals surface area contributed by atoms with Crippen molar-refractivity contribution in [2.75, 3.05) is 19.3 Å². The first-order chi connectivity index (χ1) is 9.87. The van der Waals surface area contributed by atoms with Crippen LogP contribution in [0.1, 0.15) is 29.3 Å². The van der Waals surface area contributed by atoms with Crippen LogP contribution in [0.15, 0.2) is 18.2 Å². The molecule has 4 nitrogen and oxygen atoms in total. The fourth-order valence-corrected chi connectivity index (χ4v) is 3.00. The van der Waals surface area contributed by atoms with Gasteiger partial charge in [-0.05, 0) is 43.4 Å². The Morgan fingerprint density at radius 2 is 2.19 bits per heavy atom. The Morgan fingerprint density at radius 3 is 2.76 bits per heavy atom. The Balaban J connectivity index is 2.18. The maximum absolute atomic E-state index is 13.6. The molecule has 1 aromatic carbocycles. The van der Waals surface area contributed by atoms with Crippen molar-refractivity contribution in [1.29, 1.82) is 0 Å². The number of rotatable bonds is 4. The van der Waals surface area contributed by atoms with Gasteiger partial charge in [0.2, 0.25) is 0 Å². The molecule has 0 aromatic heterocycles. The lowest BCUT2D eigenvalue weighted by Crippen LogP contribution is -2.34. The highest BCUT2D eigenvalue weighted by atomic mass is 32.2. The highest BCUT2D eigenvalue weighted by Gasteiger charge is 2.42.